The Kier molecular flexibility index (Phi) is 6.71. The minimum atomic E-state index is 0.378. The van der Waals surface area contributed by atoms with E-state index in [4.69, 9.17) is 9.47 Å². The maximum atomic E-state index is 5.69. The summed E-state index contributed by atoms with van der Waals surface area (Å²) < 4.78 is 11.3. The van der Waals surface area contributed by atoms with E-state index in [1.807, 2.05) is 17.8 Å². The molecule has 1 atom stereocenters. The summed E-state index contributed by atoms with van der Waals surface area (Å²) in [6, 6.07) is 6.70. The fraction of sp³-hybridized carbons (Fsp3) is 0.647. The van der Waals surface area contributed by atoms with Gasteiger partial charge in [-0.05, 0) is 42.3 Å². The van der Waals surface area contributed by atoms with E-state index in [1.165, 1.54) is 17.7 Å². The molecule has 2 rings (SSSR count). The Hall–Kier alpha value is -0.870. The number of fused-ring (bicyclic) bond motifs is 1. The van der Waals surface area contributed by atoms with Crippen molar-refractivity contribution in [2.75, 3.05) is 31.3 Å². The molecule has 0 aliphatic carbocycles. The van der Waals surface area contributed by atoms with Crippen LogP contribution in [0.4, 0.5) is 0 Å². The monoisotopic (exact) mass is 309 g/mol. The van der Waals surface area contributed by atoms with E-state index in [1.54, 1.807) is 0 Å². The van der Waals surface area contributed by atoms with E-state index in [0.29, 0.717) is 19.3 Å². The Morgan fingerprint density at radius 2 is 1.95 bits per heavy atom. The lowest BCUT2D eigenvalue weighted by atomic mass is 10.1. The zero-order valence-electron chi connectivity index (χ0n) is 13.4. The predicted octanol–water partition coefficient (Wildman–Crippen LogP) is 3.89. The molecule has 3 nitrogen and oxygen atoms in total. The summed E-state index contributed by atoms with van der Waals surface area (Å²) in [5.41, 5.74) is 1.29. The molecule has 1 N–H and O–H groups in total. The Bertz CT molecular complexity index is 437. The zero-order chi connectivity index (χ0) is 15.1. The van der Waals surface area contributed by atoms with Gasteiger partial charge in [-0.15, -0.1) is 0 Å². The highest BCUT2D eigenvalue weighted by molar-refractivity contribution is 7.99. The minimum absolute atomic E-state index is 0.378. The van der Waals surface area contributed by atoms with Gasteiger partial charge in [0, 0.05) is 11.8 Å². The van der Waals surface area contributed by atoms with Crippen LogP contribution in [0.3, 0.4) is 0 Å². The maximum absolute atomic E-state index is 5.69. The molecule has 1 unspecified atom stereocenters. The molecule has 118 valence electrons. The second kappa shape index (κ2) is 8.54. The van der Waals surface area contributed by atoms with E-state index < -0.39 is 0 Å². The fourth-order valence-electron chi connectivity index (χ4n) is 2.32. The molecule has 0 aromatic heterocycles. The topological polar surface area (TPSA) is 30.5 Å². The molecule has 0 amide bonds. The number of thioether (sulfide) groups is 1. The van der Waals surface area contributed by atoms with Gasteiger partial charge in [0.25, 0.3) is 0 Å². The Labute approximate surface area is 132 Å². The van der Waals surface area contributed by atoms with Crippen LogP contribution in [-0.4, -0.2) is 31.3 Å². The van der Waals surface area contributed by atoms with Gasteiger partial charge in [0.15, 0.2) is 11.5 Å². The van der Waals surface area contributed by atoms with E-state index >= 15 is 0 Å². The Morgan fingerprint density at radius 3 is 2.67 bits per heavy atom. The lowest BCUT2D eigenvalue weighted by Crippen LogP contribution is -2.23. The second-order valence-electron chi connectivity index (χ2n) is 5.77. The Balaban J connectivity index is 1.96. The third-order valence-electron chi connectivity index (χ3n) is 3.54. The molecule has 0 spiro atoms. The third kappa shape index (κ3) is 5.11. The number of nitrogens with one attached hydrogen (secondary N) is 1. The van der Waals surface area contributed by atoms with Gasteiger partial charge in [0.05, 0.1) is 0 Å². The van der Waals surface area contributed by atoms with Crippen molar-refractivity contribution in [2.24, 2.45) is 5.92 Å². The molecule has 0 bridgehead atoms. The van der Waals surface area contributed by atoms with Crippen LogP contribution in [0.1, 0.15) is 38.8 Å². The number of hydrogen-bond donors (Lipinski definition) is 1. The first kappa shape index (κ1) is 16.5. The van der Waals surface area contributed by atoms with Crippen molar-refractivity contribution in [3.05, 3.63) is 23.8 Å². The average molecular weight is 309 g/mol. The highest BCUT2D eigenvalue weighted by Gasteiger charge is 2.16. The first-order valence-electron chi connectivity index (χ1n) is 7.91. The molecule has 0 saturated heterocycles. The van der Waals surface area contributed by atoms with Crippen molar-refractivity contribution in [3.8, 4) is 11.5 Å². The van der Waals surface area contributed by atoms with Gasteiger partial charge < -0.3 is 14.8 Å². The van der Waals surface area contributed by atoms with E-state index in [9.17, 15) is 0 Å². The molecule has 0 fully saturated rings. The molecule has 1 aromatic rings. The van der Waals surface area contributed by atoms with E-state index in [-0.39, 0.29) is 0 Å². The third-order valence-corrected chi connectivity index (χ3v) is 4.64. The van der Waals surface area contributed by atoms with Gasteiger partial charge in [0.1, 0.15) is 13.2 Å². The summed E-state index contributed by atoms with van der Waals surface area (Å²) in [7, 11) is 0. The summed E-state index contributed by atoms with van der Waals surface area (Å²) in [5, 5.41) is 3.58. The number of rotatable bonds is 8. The average Bonchev–Trinajstić information content (AvgIpc) is 2.49. The van der Waals surface area contributed by atoms with Crippen molar-refractivity contribution in [2.45, 2.75) is 33.2 Å². The Morgan fingerprint density at radius 1 is 1.19 bits per heavy atom. The lowest BCUT2D eigenvalue weighted by Gasteiger charge is -2.22. The zero-order valence-corrected chi connectivity index (χ0v) is 14.2. The van der Waals surface area contributed by atoms with Crippen LogP contribution >= 0.6 is 11.8 Å². The normalized spacial score (nSPS) is 15.2. The van der Waals surface area contributed by atoms with Crippen molar-refractivity contribution in [1.29, 1.82) is 0 Å². The molecule has 1 aliphatic heterocycles. The highest BCUT2D eigenvalue weighted by Crippen LogP contribution is 2.33. The standard InChI is InChI=1S/C17H27NO2S/c1-4-18-15(12-21-10-7-13(2)3)14-5-6-16-17(11-14)20-9-8-19-16/h5-6,11,13,15,18H,4,7-10,12H2,1-3H3. The second-order valence-corrected chi connectivity index (χ2v) is 6.92. The summed E-state index contributed by atoms with van der Waals surface area (Å²) in [5.74, 6) is 4.86. The smallest absolute Gasteiger partial charge is 0.161 e. The van der Waals surface area contributed by atoms with Gasteiger partial charge in [-0.1, -0.05) is 26.8 Å². The van der Waals surface area contributed by atoms with Crippen molar-refractivity contribution >= 4 is 11.8 Å². The van der Waals surface area contributed by atoms with Crippen LogP contribution in [0.5, 0.6) is 11.5 Å². The minimum Gasteiger partial charge on any atom is -0.486 e. The SMILES string of the molecule is CCNC(CSCCC(C)C)c1ccc2c(c1)OCCO2. The molecule has 21 heavy (non-hydrogen) atoms. The summed E-state index contributed by atoms with van der Waals surface area (Å²) in [4.78, 5) is 0. The molecular formula is C17H27NO2S. The van der Waals surface area contributed by atoms with Crippen molar-refractivity contribution in [3.63, 3.8) is 0 Å². The summed E-state index contributed by atoms with van der Waals surface area (Å²) in [6.07, 6.45) is 1.28. The molecule has 1 aliphatic rings. The fourth-order valence-corrected chi connectivity index (χ4v) is 3.67. The molecule has 4 heteroatoms. The molecule has 0 radical (unpaired) electrons. The van der Waals surface area contributed by atoms with Gasteiger partial charge in [0.2, 0.25) is 0 Å². The summed E-state index contributed by atoms with van der Waals surface area (Å²) >= 11 is 2.03. The van der Waals surface area contributed by atoms with Crippen LogP contribution in [0.15, 0.2) is 18.2 Å². The largest absolute Gasteiger partial charge is 0.486 e. The predicted molar refractivity (Wildman–Crippen MR) is 90.6 cm³/mol. The molecule has 0 saturated carbocycles. The molecular weight excluding hydrogens is 282 g/mol. The van der Waals surface area contributed by atoms with Crippen LogP contribution in [-0.2, 0) is 0 Å². The summed E-state index contributed by atoms with van der Waals surface area (Å²) in [6.45, 7) is 8.99. The highest BCUT2D eigenvalue weighted by atomic mass is 32.2. The van der Waals surface area contributed by atoms with Crippen LogP contribution in [0.2, 0.25) is 0 Å². The van der Waals surface area contributed by atoms with Crippen LogP contribution in [0, 0.1) is 5.92 Å². The number of hydrogen-bond acceptors (Lipinski definition) is 4. The quantitative estimate of drug-likeness (QED) is 0.738. The van der Waals surface area contributed by atoms with Gasteiger partial charge in [-0.2, -0.15) is 11.8 Å². The van der Waals surface area contributed by atoms with E-state index in [0.717, 1.165) is 29.7 Å². The number of benzene rings is 1. The van der Waals surface area contributed by atoms with Crippen LogP contribution < -0.4 is 14.8 Å². The maximum Gasteiger partial charge on any atom is 0.161 e. The van der Waals surface area contributed by atoms with Gasteiger partial charge in [-0.3, -0.25) is 0 Å². The van der Waals surface area contributed by atoms with Gasteiger partial charge >= 0.3 is 0 Å². The number of ether oxygens (including phenoxy) is 2. The molecule has 1 aromatic carbocycles. The van der Waals surface area contributed by atoms with Gasteiger partial charge in [-0.25, -0.2) is 0 Å². The first-order valence-corrected chi connectivity index (χ1v) is 9.06. The van der Waals surface area contributed by atoms with Crippen molar-refractivity contribution in [1.82, 2.24) is 5.32 Å². The van der Waals surface area contributed by atoms with Crippen molar-refractivity contribution < 1.29 is 9.47 Å². The van der Waals surface area contributed by atoms with Crippen LogP contribution in [0.25, 0.3) is 0 Å². The van der Waals surface area contributed by atoms with E-state index in [2.05, 4.69) is 38.2 Å². The lowest BCUT2D eigenvalue weighted by molar-refractivity contribution is 0.171. The first-order chi connectivity index (χ1) is 10.2. The molecule has 1 heterocycles.